The van der Waals surface area contributed by atoms with Crippen LogP contribution in [-0.2, 0) is 9.53 Å². The minimum Gasteiger partial charge on any atom is -0.480 e. The molecule has 0 fully saturated rings. The van der Waals surface area contributed by atoms with E-state index < -0.39 is 29.9 Å². The van der Waals surface area contributed by atoms with Gasteiger partial charge in [-0.05, 0) is 27.7 Å². The van der Waals surface area contributed by atoms with Crippen LogP contribution in [-0.4, -0.2) is 35.0 Å². The van der Waals surface area contributed by atoms with E-state index in [-0.39, 0.29) is 0 Å². The minimum atomic E-state index is -1.69. The second-order valence-electron chi connectivity index (χ2n) is 4.14. The van der Waals surface area contributed by atoms with Gasteiger partial charge in [0.25, 0.3) is 0 Å². The van der Waals surface area contributed by atoms with Crippen LogP contribution < -0.4 is 5.32 Å². The zero-order valence-electron chi connectivity index (χ0n) is 9.20. The number of alkyl halides is 1. The summed E-state index contributed by atoms with van der Waals surface area (Å²) < 4.78 is 17.5. The molecule has 88 valence electrons. The van der Waals surface area contributed by atoms with Crippen LogP contribution in [0.4, 0.5) is 9.18 Å². The molecule has 0 rings (SSSR count). The molecule has 0 aliphatic carbocycles. The average molecular weight is 221 g/mol. The second kappa shape index (κ2) is 4.95. The smallest absolute Gasteiger partial charge is 0.408 e. The first-order valence-corrected chi connectivity index (χ1v) is 4.50. The van der Waals surface area contributed by atoms with E-state index in [1.54, 1.807) is 20.8 Å². The predicted molar refractivity (Wildman–Crippen MR) is 51.4 cm³/mol. The molecule has 0 aliphatic heterocycles. The number of halogens is 1. The molecule has 0 aromatic rings. The molecule has 1 amide bonds. The molecule has 0 heterocycles. The maximum Gasteiger partial charge on any atom is 0.408 e. The van der Waals surface area contributed by atoms with Gasteiger partial charge in [0.05, 0.1) is 0 Å². The Morgan fingerprint density at radius 1 is 1.40 bits per heavy atom. The quantitative estimate of drug-likeness (QED) is 0.753. The highest BCUT2D eigenvalue weighted by molar-refractivity contribution is 5.80. The molecule has 0 radical (unpaired) electrons. The first kappa shape index (κ1) is 13.7. The zero-order chi connectivity index (χ0) is 12.2. The molecule has 2 N–H and O–H groups in total. The molecule has 0 aliphatic rings. The van der Waals surface area contributed by atoms with Crippen LogP contribution in [0.25, 0.3) is 0 Å². The SMILES string of the molecule is C[C@H](F)[C@H](NC(=O)OC(C)(C)C)C(=O)O. The predicted octanol–water partition coefficient (Wildman–Crippen LogP) is 1.32. The second-order valence-corrected chi connectivity index (χ2v) is 4.14. The molecule has 0 saturated heterocycles. The molecule has 0 saturated carbocycles. The van der Waals surface area contributed by atoms with Crippen LogP contribution in [0.3, 0.4) is 0 Å². The Bertz CT molecular complexity index is 247. The van der Waals surface area contributed by atoms with E-state index >= 15 is 0 Å². The summed E-state index contributed by atoms with van der Waals surface area (Å²) in [6.45, 7) is 5.93. The number of alkyl carbamates (subject to hydrolysis) is 1. The number of nitrogens with one attached hydrogen (secondary N) is 1. The van der Waals surface area contributed by atoms with Gasteiger partial charge in [0.15, 0.2) is 6.04 Å². The summed E-state index contributed by atoms with van der Waals surface area (Å²) in [6.07, 6.45) is -2.63. The van der Waals surface area contributed by atoms with Gasteiger partial charge in [-0.2, -0.15) is 0 Å². The van der Waals surface area contributed by atoms with Crippen LogP contribution in [0.1, 0.15) is 27.7 Å². The highest BCUT2D eigenvalue weighted by Crippen LogP contribution is 2.07. The molecule has 0 aromatic carbocycles. The van der Waals surface area contributed by atoms with Gasteiger partial charge in [-0.15, -0.1) is 0 Å². The fourth-order valence-electron chi connectivity index (χ4n) is 0.808. The third-order valence-electron chi connectivity index (χ3n) is 1.40. The summed E-state index contributed by atoms with van der Waals surface area (Å²) in [4.78, 5) is 21.6. The Hall–Kier alpha value is -1.33. The van der Waals surface area contributed by atoms with Gasteiger partial charge < -0.3 is 15.2 Å². The van der Waals surface area contributed by atoms with Crippen LogP contribution in [0.15, 0.2) is 0 Å². The number of carbonyl (C=O) groups excluding carboxylic acids is 1. The van der Waals surface area contributed by atoms with Crippen LogP contribution in [0.5, 0.6) is 0 Å². The molecule has 0 unspecified atom stereocenters. The van der Waals surface area contributed by atoms with Crippen molar-refractivity contribution < 1.29 is 23.8 Å². The Morgan fingerprint density at radius 3 is 2.13 bits per heavy atom. The lowest BCUT2D eigenvalue weighted by molar-refractivity contribution is -0.141. The zero-order valence-corrected chi connectivity index (χ0v) is 9.20. The third kappa shape index (κ3) is 5.87. The Balaban J connectivity index is 4.31. The summed E-state index contributed by atoms with van der Waals surface area (Å²) in [5.41, 5.74) is -0.743. The third-order valence-corrected chi connectivity index (χ3v) is 1.40. The van der Waals surface area contributed by atoms with Gasteiger partial charge in [-0.3, -0.25) is 0 Å². The summed E-state index contributed by atoms with van der Waals surface area (Å²) in [5, 5.41) is 10.5. The van der Waals surface area contributed by atoms with E-state index in [2.05, 4.69) is 0 Å². The Morgan fingerprint density at radius 2 is 1.87 bits per heavy atom. The number of carbonyl (C=O) groups is 2. The first-order chi connectivity index (χ1) is 6.63. The fraction of sp³-hybridized carbons (Fsp3) is 0.778. The summed E-state index contributed by atoms with van der Waals surface area (Å²) in [7, 11) is 0. The maximum atomic E-state index is 12.8. The maximum absolute atomic E-state index is 12.8. The molecule has 2 atom stereocenters. The van der Waals surface area contributed by atoms with Crippen molar-refractivity contribution in [1.82, 2.24) is 5.32 Å². The number of hydrogen-bond acceptors (Lipinski definition) is 3. The van der Waals surface area contributed by atoms with Crippen molar-refractivity contribution in [2.45, 2.75) is 45.5 Å². The minimum absolute atomic E-state index is 0.743. The van der Waals surface area contributed by atoms with E-state index in [0.29, 0.717) is 0 Å². The van der Waals surface area contributed by atoms with Crippen LogP contribution in [0.2, 0.25) is 0 Å². The lowest BCUT2D eigenvalue weighted by atomic mass is 10.2. The fourth-order valence-corrected chi connectivity index (χ4v) is 0.808. The molecule has 0 spiro atoms. The number of aliphatic carboxylic acids is 1. The van der Waals surface area contributed by atoms with Crippen molar-refractivity contribution >= 4 is 12.1 Å². The highest BCUT2D eigenvalue weighted by atomic mass is 19.1. The average Bonchev–Trinajstić information content (AvgIpc) is 1.95. The van der Waals surface area contributed by atoms with Gasteiger partial charge in [0.2, 0.25) is 0 Å². The number of hydrogen-bond donors (Lipinski definition) is 2. The summed E-state index contributed by atoms with van der Waals surface area (Å²) in [5.74, 6) is -1.43. The lowest BCUT2D eigenvalue weighted by Gasteiger charge is -2.22. The number of carboxylic acid groups (broad SMARTS) is 1. The summed E-state index contributed by atoms with van der Waals surface area (Å²) >= 11 is 0. The van der Waals surface area contributed by atoms with Crippen molar-refractivity contribution in [3.8, 4) is 0 Å². The molecule has 0 bridgehead atoms. The number of rotatable bonds is 3. The van der Waals surface area contributed by atoms with Crippen molar-refractivity contribution in [2.24, 2.45) is 0 Å². The van der Waals surface area contributed by atoms with Crippen molar-refractivity contribution in [3.05, 3.63) is 0 Å². The number of ether oxygens (including phenoxy) is 1. The monoisotopic (exact) mass is 221 g/mol. The van der Waals surface area contributed by atoms with E-state index in [0.717, 1.165) is 6.92 Å². The standard InChI is InChI=1S/C9H16FNO4/c1-5(10)6(7(12)13)11-8(14)15-9(2,3)4/h5-6H,1-4H3,(H,11,14)(H,12,13)/t5-,6-/m0/s1. The van der Waals surface area contributed by atoms with Crippen molar-refractivity contribution in [3.63, 3.8) is 0 Å². The van der Waals surface area contributed by atoms with Crippen molar-refractivity contribution in [2.75, 3.05) is 0 Å². The Labute approximate surface area is 87.6 Å². The molecule has 5 nitrogen and oxygen atoms in total. The van der Waals surface area contributed by atoms with Crippen LogP contribution >= 0.6 is 0 Å². The van der Waals surface area contributed by atoms with E-state index in [1.807, 2.05) is 5.32 Å². The van der Waals surface area contributed by atoms with Gasteiger partial charge in [-0.25, -0.2) is 14.0 Å². The van der Waals surface area contributed by atoms with Crippen molar-refractivity contribution in [1.29, 1.82) is 0 Å². The van der Waals surface area contributed by atoms with E-state index in [1.165, 1.54) is 0 Å². The molecular formula is C9H16FNO4. The normalized spacial score (nSPS) is 15.3. The van der Waals surface area contributed by atoms with E-state index in [9.17, 15) is 14.0 Å². The lowest BCUT2D eigenvalue weighted by Crippen LogP contribution is -2.47. The van der Waals surface area contributed by atoms with Gasteiger partial charge in [0.1, 0.15) is 11.8 Å². The topological polar surface area (TPSA) is 75.6 Å². The molecule has 15 heavy (non-hydrogen) atoms. The van der Waals surface area contributed by atoms with Gasteiger partial charge >= 0.3 is 12.1 Å². The molecular weight excluding hydrogens is 205 g/mol. The van der Waals surface area contributed by atoms with E-state index in [4.69, 9.17) is 9.84 Å². The molecule has 0 aromatic heterocycles. The number of amides is 1. The largest absolute Gasteiger partial charge is 0.480 e. The molecule has 6 heteroatoms. The highest BCUT2D eigenvalue weighted by Gasteiger charge is 2.28. The van der Waals surface area contributed by atoms with Gasteiger partial charge in [-0.1, -0.05) is 0 Å². The first-order valence-electron chi connectivity index (χ1n) is 4.50. The Kier molecular flexibility index (Phi) is 4.51. The van der Waals surface area contributed by atoms with Gasteiger partial charge in [0, 0.05) is 0 Å². The van der Waals surface area contributed by atoms with Crippen LogP contribution in [0, 0.1) is 0 Å². The summed E-state index contributed by atoms with van der Waals surface area (Å²) in [6, 6.07) is -1.58. The number of carboxylic acids is 1.